The van der Waals surface area contributed by atoms with Gasteiger partial charge in [-0.15, -0.1) is 5.10 Å². The van der Waals surface area contributed by atoms with Crippen molar-refractivity contribution in [2.45, 2.75) is 31.8 Å². The number of halogens is 1. The van der Waals surface area contributed by atoms with Crippen LogP contribution in [-0.2, 0) is 11.3 Å². The molecule has 0 spiro atoms. The van der Waals surface area contributed by atoms with Gasteiger partial charge in [-0.2, -0.15) is 0 Å². The normalized spacial score (nSPS) is 28.8. The van der Waals surface area contributed by atoms with Gasteiger partial charge in [0.2, 0.25) is 5.91 Å². The number of piperidine rings is 2. The lowest BCUT2D eigenvalue weighted by molar-refractivity contribution is -0.125. The molecule has 18 heavy (non-hydrogen) atoms. The highest BCUT2D eigenvalue weighted by Gasteiger charge is 2.33. The number of nitrogens with zero attached hydrogens (tertiary/aromatic N) is 3. The minimum Gasteiger partial charge on any atom is -0.353 e. The molecular formula is C11H15ClN4OS. The molecule has 2 unspecified atom stereocenters. The van der Waals surface area contributed by atoms with E-state index in [-0.39, 0.29) is 5.91 Å². The van der Waals surface area contributed by atoms with E-state index in [1.54, 1.807) is 0 Å². The second-order valence-electron chi connectivity index (χ2n) is 4.99. The summed E-state index contributed by atoms with van der Waals surface area (Å²) in [5, 5.41) is 7.14. The maximum Gasteiger partial charge on any atom is 0.220 e. The Balaban J connectivity index is 1.61. The molecule has 7 heteroatoms. The average molecular weight is 287 g/mol. The highest BCUT2D eigenvalue weighted by molar-refractivity contribution is 7.10. The topological polar surface area (TPSA) is 58.1 Å². The van der Waals surface area contributed by atoms with Gasteiger partial charge >= 0.3 is 0 Å². The molecule has 3 rings (SSSR count). The fourth-order valence-corrected chi connectivity index (χ4v) is 3.44. The SMILES string of the molecule is O=C1CCC2CN(Cc3nnsc3Cl)CCC2N1. The molecule has 1 N–H and O–H groups in total. The third kappa shape index (κ3) is 2.50. The van der Waals surface area contributed by atoms with E-state index in [4.69, 9.17) is 11.6 Å². The molecule has 1 aromatic heterocycles. The quantitative estimate of drug-likeness (QED) is 0.890. The first-order valence-corrected chi connectivity index (χ1v) is 7.36. The summed E-state index contributed by atoms with van der Waals surface area (Å²) in [6.45, 7) is 2.76. The summed E-state index contributed by atoms with van der Waals surface area (Å²) in [4.78, 5) is 13.7. The van der Waals surface area contributed by atoms with Crippen molar-refractivity contribution in [1.29, 1.82) is 0 Å². The van der Waals surface area contributed by atoms with Crippen molar-refractivity contribution in [2.24, 2.45) is 5.92 Å². The molecule has 0 radical (unpaired) electrons. The van der Waals surface area contributed by atoms with E-state index in [1.807, 2.05) is 0 Å². The monoisotopic (exact) mass is 286 g/mol. The molecule has 1 aromatic rings. The van der Waals surface area contributed by atoms with Gasteiger partial charge in [-0.25, -0.2) is 0 Å². The van der Waals surface area contributed by atoms with Crippen molar-refractivity contribution < 1.29 is 4.79 Å². The Bertz CT molecular complexity index is 452. The molecule has 0 aliphatic carbocycles. The van der Waals surface area contributed by atoms with Crippen LogP contribution in [0.4, 0.5) is 0 Å². The number of amides is 1. The maximum atomic E-state index is 11.3. The van der Waals surface area contributed by atoms with Crippen LogP contribution in [0.25, 0.3) is 0 Å². The number of rotatable bonds is 2. The van der Waals surface area contributed by atoms with Gasteiger partial charge in [0, 0.05) is 43.6 Å². The minimum atomic E-state index is 0.205. The number of hydrogen-bond donors (Lipinski definition) is 1. The molecule has 3 heterocycles. The predicted octanol–water partition coefficient (Wildman–Crippen LogP) is 1.29. The first kappa shape index (κ1) is 12.3. The van der Waals surface area contributed by atoms with Gasteiger partial charge in [0.25, 0.3) is 0 Å². The molecule has 0 saturated carbocycles. The van der Waals surface area contributed by atoms with E-state index in [9.17, 15) is 4.79 Å². The molecule has 0 aromatic carbocycles. The molecule has 2 aliphatic heterocycles. The summed E-state index contributed by atoms with van der Waals surface area (Å²) in [5.74, 6) is 0.776. The standard InChI is InChI=1S/C11H15ClN4OS/c12-11-9(14-15-18-11)6-16-4-3-8-7(5-16)1-2-10(17)13-8/h7-8H,1-6H2,(H,13,17). The Hall–Kier alpha value is -0.720. The highest BCUT2D eigenvalue weighted by atomic mass is 35.5. The van der Waals surface area contributed by atoms with Crippen LogP contribution in [0.5, 0.6) is 0 Å². The van der Waals surface area contributed by atoms with Crippen LogP contribution < -0.4 is 5.32 Å². The molecular weight excluding hydrogens is 272 g/mol. The Labute approximate surface area is 115 Å². The molecule has 2 atom stereocenters. The number of hydrogen-bond acceptors (Lipinski definition) is 5. The Morgan fingerprint density at radius 1 is 1.50 bits per heavy atom. The zero-order valence-corrected chi connectivity index (χ0v) is 11.5. The summed E-state index contributed by atoms with van der Waals surface area (Å²) in [5.41, 5.74) is 0.875. The van der Waals surface area contributed by atoms with E-state index < -0.39 is 0 Å². The van der Waals surface area contributed by atoms with Crippen LogP contribution in [0.2, 0.25) is 4.34 Å². The van der Waals surface area contributed by atoms with Gasteiger partial charge in [-0.1, -0.05) is 16.1 Å². The van der Waals surface area contributed by atoms with Crippen molar-refractivity contribution in [3.8, 4) is 0 Å². The van der Waals surface area contributed by atoms with Crippen LogP contribution in [0.1, 0.15) is 25.0 Å². The van der Waals surface area contributed by atoms with Crippen molar-refractivity contribution >= 4 is 29.0 Å². The van der Waals surface area contributed by atoms with Gasteiger partial charge in [-0.3, -0.25) is 9.69 Å². The number of carbonyl (C=O) groups excluding carboxylic acids is 1. The van der Waals surface area contributed by atoms with Crippen molar-refractivity contribution in [2.75, 3.05) is 13.1 Å². The van der Waals surface area contributed by atoms with Crippen LogP contribution in [0.15, 0.2) is 0 Å². The number of nitrogens with one attached hydrogen (secondary N) is 1. The maximum absolute atomic E-state index is 11.3. The minimum absolute atomic E-state index is 0.205. The van der Waals surface area contributed by atoms with E-state index in [0.717, 1.165) is 38.2 Å². The zero-order chi connectivity index (χ0) is 12.5. The summed E-state index contributed by atoms with van der Waals surface area (Å²) >= 11 is 7.26. The number of carbonyl (C=O) groups is 1. The van der Waals surface area contributed by atoms with E-state index in [2.05, 4.69) is 19.8 Å². The van der Waals surface area contributed by atoms with Gasteiger partial charge in [0.05, 0.1) is 0 Å². The molecule has 0 bridgehead atoms. The summed E-state index contributed by atoms with van der Waals surface area (Å²) in [7, 11) is 0. The lowest BCUT2D eigenvalue weighted by Gasteiger charge is -2.41. The zero-order valence-electron chi connectivity index (χ0n) is 9.93. The Morgan fingerprint density at radius 2 is 2.39 bits per heavy atom. The second-order valence-corrected chi connectivity index (χ2v) is 6.35. The van der Waals surface area contributed by atoms with Gasteiger partial charge in [-0.05, 0) is 18.8 Å². The van der Waals surface area contributed by atoms with Crippen molar-refractivity contribution in [3.05, 3.63) is 10.0 Å². The lowest BCUT2D eigenvalue weighted by Crippen LogP contribution is -2.53. The smallest absolute Gasteiger partial charge is 0.220 e. The van der Waals surface area contributed by atoms with Gasteiger partial charge in [0.15, 0.2) is 0 Å². The van der Waals surface area contributed by atoms with Gasteiger partial charge < -0.3 is 5.32 Å². The summed E-state index contributed by atoms with van der Waals surface area (Å²) < 4.78 is 4.54. The Morgan fingerprint density at radius 3 is 3.17 bits per heavy atom. The van der Waals surface area contributed by atoms with Crippen LogP contribution >= 0.6 is 23.1 Å². The fourth-order valence-electron chi connectivity index (χ4n) is 2.83. The average Bonchev–Trinajstić information content (AvgIpc) is 2.75. The van der Waals surface area contributed by atoms with Crippen molar-refractivity contribution in [1.82, 2.24) is 19.8 Å². The van der Waals surface area contributed by atoms with E-state index in [1.165, 1.54) is 11.5 Å². The van der Waals surface area contributed by atoms with Crippen molar-refractivity contribution in [3.63, 3.8) is 0 Å². The highest BCUT2D eigenvalue weighted by Crippen LogP contribution is 2.27. The third-order valence-corrected chi connectivity index (χ3v) is 4.77. The summed E-state index contributed by atoms with van der Waals surface area (Å²) in [6.07, 6.45) is 2.68. The third-order valence-electron chi connectivity index (χ3n) is 3.79. The Kier molecular flexibility index (Phi) is 3.50. The van der Waals surface area contributed by atoms with E-state index >= 15 is 0 Å². The molecule has 2 fully saturated rings. The number of likely N-dealkylation sites (tertiary alicyclic amines) is 1. The second kappa shape index (κ2) is 5.11. The molecule has 98 valence electrons. The fraction of sp³-hybridized carbons (Fsp3) is 0.727. The van der Waals surface area contributed by atoms with Crippen LogP contribution in [0.3, 0.4) is 0 Å². The lowest BCUT2D eigenvalue weighted by atomic mass is 9.85. The first-order valence-electron chi connectivity index (χ1n) is 6.21. The largest absolute Gasteiger partial charge is 0.353 e. The van der Waals surface area contributed by atoms with Gasteiger partial charge in [0.1, 0.15) is 10.0 Å². The number of aromatic nitrogens is 2. The van der Waals surface area contributed by atoms with Crippen LogP contribution in [0, 0.1) is 5.92 Å². The first-order chi connectivity index (χ1) is 8.72. The molecule has 5 nitrogen and oxygen atoms in total. The molecule has 2 aliphatic rings. The molecule has 1 amide bonds. The predicted molar refractivity (Wildman–Crippen MR) is 69.5 cm³/mol. The van der Waals surface area contributed by atoms with Crippen LogP contribution in [-0.4, -0.2) is 39.5 Å². The summed E-state index contributed by atoms with van der Waals surface area (Å²) in [6, 6.07) is 0.367. The number of fused-ring (bicyclic) bond motifs is 1. The van der Waals surface area contributed by atoms with E-state index in [0.29, 0.717) is 22.7 Å². The molecule has 2 saturated heterocycles.